The highest BCUT2D eigenvalue weighted by molar-refractivity contribution is 5.22. The van der Waals surface area contributed by atoms with E-state index in [9.17, 15) is 18.3 Å². The Morgan fingerprint density at radius 1 is 1.12 bits per heavy atom. The fourth-order valence-corrected chi connectivity index (χ4v) is 2.95. The van der Waals surface area contributed by atoms with Crippen molar-refractivity contribution in [3.05, 3.63) is 41.7 Å². The van der Waals surface area contributed by atoms with Gasteiger partial charge in [-0.15, -0.1) is 5.10 Å². The minimum Gasteiger partial charge on any atom is -0.385 e. The van der Waals surface area contributed by atoms with E-state index in [2.05, 4.69) is 15.5 Å². The SMILES string of the molecule is OC1(c2ccccc2)CCN(Cc2nnnn2CC(F)(F)F)CC1. The third-order valence-corrected chi connectivity index (χ3v) is 4.29. The van der Waals surface area contributed by atoms with Crippen LogP contribution < -0.4 is 0 Å². The molecule has 2 aromatic rings. The van der Waals surface area contributed by atoms with E-state index >= 15 is 0 Å². The molecule has 1 fully saturated rings. The van der Waals surface area contributed by atoms with Crippen LogP contribution in [0, 0.1) is 0 Å². The maximum atomic E-state index is 12.5. The van der Waals surface area contributed by atoms with Gasteiger partial charge in [-0.2, -0.15) is 13.2 Å². The second-order valence-corrected chi connectivity index (χ2v) is 6.04. The molecule has 0 unspecified atom stereocenters. The predicted molar refractivity (Wildman–Crippen MR) is 78.7 cm³/mol. The maximum Gasteiger partial charge on any atom is 0.408 e. The standard InChI is InChI=1S/C15H18F3N5O/c16-15(17,18)11-23-13(19-20-21-23)10-22-8-6-14(24,7-9-22)12-4-2-1-3-5-12/h1-5,24H,6-11H2. The number of tetrazole rings is 1. The van der Waals surface area contributed by atoms with Crippen molar-refractivity contribution in [2.24, 2.45) is 0 Å². The van der Waals surface area contributed by atoms with Gasteiger partial charge in [-0.1, -0.05) is 30.3 Å². The van der Waals surface area contributed by atoms with Crippen molar-refractivity contribution in [3.8, 4) is 0 Å². The number of alkyl halides is 3. The van der Waals surface area contributed by atoms with Crippen molar-refractivity contribution in [1.29, 1.82) is 0 Å². The van der Waals surface area contributed by atoms with Crippen molar-refractivity contribution in [2.75, 3.05) is 13.1 Å². The van der Waals surface area contributed by atoms with E-state index < -0.39 is 18.3 Å². The minimum absolute atomic E-state index is 0.178. The molecule has 0 bridgehead atoms. The molecule has 1 aromatic carbocycles. The van der Waals surface area contributed by atoms with Crippen molar-refractivity contribution in [2.45, 2.75) is 37.7 Å². The summed E-state index contributed by atoms with van der Waals surface area (Å²) in [5.41, 5.74) is -0.0260. The van der Waals surface area contributed by atoms with Crippen molar-refractivity contribution in [3.63, 3.8) is 0 Å². The van der Waals surface area contributed by atoms with Gasteiger partial charge in [0.2, 0.25) is 0 Å². The van der Waals surface area contributed by atoms with Gasteiger partial charge in [0, 0.05) is 13.1 Å². The molecule has 0 atom stereocenters. The van der Waals surface area contributed by atoms with Crippen LogP contribution in [0.4, 0.5) is 13.2 Å². The number of aliphatic hydroxyl groups is 1. The van der Waals surface area contributed by atoms with Crippen molar-refractivity contribution >= 4 is 0 Å². The molecule has 24 heavy (non-hydrogen) atoms. The summed E-state index contributed by atoms with van der Waals surface area (Å²) in [5, 5.41) is 21.2. The Bertz CT molecular complexity index is 665. The second kappa shape index (κ2) is 6.48. The van der Waals surface area contributed by atoms with Gasteiger partial charge in [0.15, 0.2) is 5.82 Å². The Morgan fingerprint density at radius 2 is 1.79 bits per heavy atom. The molecule has 6 nitrogen and oxygen atoms in total. The highest BCUT2D eigenvalue weighted by Crippen LogP contribution is 2.33. The highest BCUT2D eigenvalue weighted by Gasteiger charge is 2.35. The first-order valence-corrected chi connectivity index (χ1v) is 7.68. The van der Waals surface area contributed by atoms with Gasteiger partial charge in [-0.25, -0.2) is 4.68 Å². The molecule has 1 saturated heterocycles. The van der Waals surface area contributed by atoms with Crippen molar-refractivity contribution < 1.29 is 18.3 Å². The summed E-state index contributed by atoms with van der Waals surface area (Å²) in [5.74, 6) is 0.178. The Morgan fingerprint density at radius 3 is 2.42 bits per heavy atom. The van der Waals surface area contributed by atoms with Gasteiger partial charge >= 0.3 is 6.18 Å². The Hall–Kier alpha value is -2.00. The molecule has 0 spiro atoms. The smallest absolute Gasteiger partial charge is 0.385 e. The van der Waals surface area contributed by atoms with E-state index in [0.717, 1.165) is 10.2 Å². The van der Waals surface area contributed by atoms with Crippen LogP contribution in [0.2, 0.25) is 0 Å². The summed E-state index contributed by atoms with van der Waals surface area (Å²) >= 11 is 0. The zero-order valence-corrected chi connectivity index (χ0v) is 12.9. The number of benzene rings is 1. The quantitative estimate of drug-likeness (QED) is 0.917. The van der Waals surface area contributed by atoms with Crippen LogP contribution in [0.25, 0.3) is 0 Å². The molecule has 1 N–H and O–H groups in total. The number of hydrogen-bond donors (Lipinski definition) is 1. The van der Waals surface area contributed by atoms with E-state index in [-0.39, 0.29) is 12.4 Å². The molecule has 0 aliphatic carbocycles. The monoisotopic (exact) mass is 341 g/mol. The molecule has 1 aromatic heterocycles. The Balaban J connectivity index is 1.61. The van der Waals surface area contributed by atoms with Crippen LogP contribution >= 0.6 is 0 Å². The van der Waals surface area contributed by atoms with Crippen LogP contribution in [-0.2, 0) is 18.7 Å². The molecule has 1 aliphatic rings. The molecule has 130 valence electrons. The topological polar surface area (TPSA) is 67.1 Å². The number of hydrogen-bond acceptors (Lipinski definition) is 5. The number of nitrogens with zero attached hydrogens (tertiary/aromatic N) is 5. The van der Waals surface area contributed by atoms with Gasteiger partial charge in [0.25, 0.3) is 0 Å². The minimum atomic E-state index is -4.36. The Labute approximate surface area is 136 Å². The summed E-state index contributed by atoms with van der Waals surface area (Å²) in [4.78, 5) is 1.95. The number of likely N-dealkylation sites (tertiary alicyclic amines) is 1. The number of halogens is 3. The van der Waals surface area contributed by atoms with Gasteiger partial charge in [-0.05, 0) is 28.8 Å². The highest BCUT2D eigenvalue weighted by atomic mass is 19.4. The predicted octanol–water partition coefficient (Wildman–Crippen LogP) is 1.72. The largest absolute Gasteiger partial charge is 0.408 e. The normalized spacial score (nSPS) is 18.7. The molecular formula is C15H18F3N5O. The first kappa shape index (κ1) is 16.8. The summed E-state index contributed by atoms with van der Waals surface area (Å²) in [6, 6.07) is 9.43. The average molecular weight is 341 g/mol. The zero-order valence-electron chi connectivity index (χ0n) is 12.9. The molecule has 0 radical (unpaired) electrons. The number of rotatable bonds is 4. The van der Waals surface area contributed by atoms with E-state index in [4.69, 9.17) is 0 Å². The van der Waals surface area contributed by atoms with Crippen LogP contribution in [0.15, 0.2) is 30.3 Å². The van der Waals surface area contributed by atoms with E-state index in [0.29, 0.717) is 25.9 Å². The lowest BCUT2D eigenvalue weighted by Gasteiger charge is -2.38. The summed E-state index contributed by atoms with van der Waals surface area (Å²) in [6.45, 7) is 0.152. The lowest BCUT2D eigenvalue weighted by molar-refractivity contribution is -0.143. The lowest BCUT2D eigenvalue weighted by atomic mass is 9.84. The second-order valence-electron chi connectivity index (χ2n) is 6.04. The van der Waals surface area contributed by atoms with Gasteiger partial charge in [0.05, 0.1) is 12.1 Å². The average Bonchev–Trinajstić information content (AvgIpc) is 2.96. The third-order valence-electron chi connectivity index (χ3n) is 4.29. The van der Waals surface area contributed by atoms with Gasteiger partial charge in [0.1, 0.15) is 6.54 Å². The molecular weight excluding hydrogens is 323 g/mol. The molecule has 3 rings (SSSR count). The number of aromatic nitrogens is 4. The Kier molecular flexibility index (Phi) is 4.55. The summed E-state index contributed by atoms with van der Waals surface area (Å²) < 4.78 is 38.3. The molecule has 1 aliphatic heterocycles. The van der Waals surface area contributed by atoms with Crippen LogP contribution in [0.1, 0.15) is 24.2 Å². The summed E-state index contributed by atoms with van der Waals surface area (Å²) in [6.07, 6.45) is -3.34. The van der Waals surface area contributed by atoms with Crippen LogP contribution in [0.3, 0.4) is 0 Å². The zero-order chi connectivity index (χ0) is 17.2. The van der Waals surface area contributed by atoms with Gasteiger partial charge in [-0.3, -0.25) is 4.90 Å². The van der Waals surface area contributed by atoms with E-state index in [1.807, 2.05) is 35.2 Å². The van der Waals surface area contributed by atoms with Gasteiger partial charge < -0.3 is 5.11 Å². The maximum absolute atomic E-state index is 12.5. The summed E-state index contributed by atoms with van der Waals surface area (Å²) in [7, 11) is 0. The lowest BCUT2D eigenvalue weighted by Crippen LogP contribution is -2.42. The first-order valence-electron chi connectivity index (χ1n) is 7.68. The molecule has 0 saturated carbocycles. The van der Waals surface area contributed by atoms with Crippen molar-refractivity contribution in [1.82, 2.24) is 25.1 Å². The first-order chi connectivity index (χ1) is 11.4. The fourth-order valence-electron chi connectivity index (χ4n) is 2.95. The molecule has 2 heterocycles. The third kappa shape index (κ3) is 3.90. The molecule has 9 heteroatoms. The molecule has 0 amide bonds. The van der Waals surface area contributed by atoms with Crippen LogP contribution in [0.5, 0.6) is 0 Å². The van der Waals surface area contributed by atoms with E-state index in [1.165, 1.54) is 0 Å². The number of piperidine rings is 1. The van der Waals surface area contributed by atoms with Crippen LogP contribution in [-0.4, -0.2) is 49.5 Å². The fraction of sp³-hybridized carbons (Fsp3) is 0.533. The van der Waals surface area contributed by atoms with E-state index in [1.54, 1.807) is 0 Å².